The Kier molecular flexibility index (Phi) is 4.37. The van der Waals surface area contributed by atoms with Crippen molar-refractivity contribution in [2.24, 2.45) is 0 Å². The number of ether oxygens (including phenoxy) is 1. The molecular weight excluding hydrogens is 220 g/mol. The van der Waals surface area contributed by atoms with Crippen LogP contribution in [-0.4, -0.2) is 29.7 Å². The smallest absolute Gasteiger partial charge is 0.408 e. The Morgan fingerprint density at radius 3 is 2.29 bits per heavy atom. The lowest BCUT2D eigenvalue weighted by molar-refractivity contribution is -0.124. The van der Waals surface area contributed by atoms with Gasteiger partial charge < -0.3 is 15.4 Å². The van der Waals surface area contributed by atoms with E-state index < -0.39 is 17.7 Å². The molecule has 0 unspecified atom stereocenters. The molecule has 1 rings (SSSR count). The summed E-state index contributed by atoms with van der Waals surface area (Å²) in [5.74, 6) is -0.152. The van der Waals surface area contributed by atoms with Crippen LogP contribution >= 0.6 is 0 Å². The van der Waals surface area contributed by atoms with Gasteiger partial charge in [-0.05, 0) is 47.0 Å². The van der Waals surface area contributed by atoms with Crippen molar-refractivity contribution in [2.45, 2.75) is 64.6 Å². The minimum Gasteiger partial charge on any atom is -0.444 e. The van der Waals surface area contributed by atoms with Crippen LogP contribution in [0.4, 0.5) is 4.79 Å². The van der Waals surface area contributed by atoms with E-state index in [1.165, 1.54) is 6.42 Å². The van der Waals surface area contributed by atoms with E-state index in [-0.39, 0.29) is 11.9 Å². The predicted molar refractivity (Wildman–Crippen MR) is 64.6 cm³/mol. The number of rotatable bonds is 3. The van der Waals surface area contributed by atoms with Crippen LogP contribution < -0.4 is 10.6 Å². The third-order valence-corrected chi connectivity index (χ3v) is 2.58. The highest BCUT2D eigenvalue weighted by Crippen LogP contribution is 2.17. The van der Waals surface area contributed by atoms with Gasteiger partial charge in [0.2, 0.25) is 5.91 Å². The fourth-order valence-electron chi connectivity index (χ4n) is 1.43. The molecule has 5 nitrogen and oxygen atoms in total. The maximum absolute atomic E-state index is 11.7. The Balaban J connectivity index is 2.29. The van der Waals surface area contributed by atoms with Gasteiger partial charge in [-0.25, -0.2) is 4.79 Å². The largest absolute Gasteiger partial charge is 0.444 e. The van der Waals surface area contributed by atoms with Crippen molar-refractivity contribution in [1.82, 2.24) is 10.6 Å². The molecule has 0 saturated heterocycles. The van der Waals surface area contributed by atoms with E-state index in [0.29, 0.717) is 0 Å². The van der Waals surface area contributed by atoms with Gasteiger partial charge in [0.25, 0.3) is 0 Å². The molecule has 1 aliphatic rings. The molecule has 0 aromatic heterocycles. The zero-order chi connectivity index (χ0) is 13.1. The number of amides is 2. The SMILES string of the molecule is C[C@@H](NC(=O)OC(C)(C)C)C(=O)NC1CCC1. The normalized spacial score (nSPS) is 17.9. The van der Waals surface area contributed by atoms with Crippen LogP contribution in [0.2, 0.25) is 0 Å². The van der Waals surface area contributed by atoms with E-state index >= 15 is 0 Å². The molecule has 2 N–H and O–H groups in total. The van der Waals surface area contributed by atoms with Gasteiger partial charge in [0, 0.05) is 6.04 Å². The molecule has 1 atom stereocenters. The number of carbonyl (C=O) groups is 2. The van der Waals surface area contributed by atoms with Crippen LogP contribution in [0, 0.1) is 0 Å². The maximum Gasteiger partial charge on any atom is 0.408 e. The van der Waals surface area contributed by atoms with Crippen molar-refractivity contribution in [2.75, 3.05) is 0 Å². The molecule has 98 valence electrons. The predicted octanol–water partition coefficient (Wildman–Crippen LogP) is 1.57. The van der Waals surface area contributed by atoms with Gasteiger partial charge in [-0.2, -0.15) is 0 Å². The van der Waals surface area contributed by atoms with Crippen LogP contribution in [0.15, 0.2) is 0 Å². The van der Waals surface area contributed by atoms with Gasteiger partial charge in [-0.15, -0.1) is 0 Å². The van der Waals surface area contributed by atoms with Gasteiger partial charge in [-0.3, -0.25) is 4.79 Å². The molecule has 5 heteroatoms. The molecular formula is C12H22N2O3. The van der Waals surface area contributed by atoms with E-state index in [4.69, 9.17) is 4.74 Å². The van der Waals surface area contributed by atoms with Gasteiger partial charge in [0.05, 0.1) is 0 Å². The van der Waals surface area contributed by atoms with Crippen LogP contribution in [-0.2, 0) is 9.53 Å². The first-order valence-electron chi connectivity index (χ1n) is 6.08. The van der Waals surface area contributed by atoms with Crippen LogP contribution in [0.25, 0.3) is 0 Å². The highest BCUT2D eigenvalue weighted by Gasteiger charge is 2.24. The van der Waals surface area contributed by atoms with Crippen LogP contribution in [0.5, 0.6) is 0 Å². The number of alkyl carbamates (subject to hydrolysis) is 1. The third kappa shape index (κ3) is 5.06. The van der Waals surface area contributed by atoms with Crippen molar-refractivity contribution < 1.29 is 14.3 Å². The quantitative estimate of drug-likeness (QED) is 0.789. The second-order valence-corrected chi connectivity index (χ2v) is 5.50. The first-order chi connectivity index (χ1) is 7.78. The zero-order valence-electron chi connectivity index (χ0n) is 11.0. The van der Waals surface area contributed by atoms with E-state index in [1.54, 1.807) is 27.7 Å². The molecule has 2 amide bonds. The highest BCUT2D eigenvalue weighted by atomic mass is 16.6. The standard InChI is InChI=1S/C12H22N2O3/c1-8(10(15)14-9-6-5-7-9)13-11(16)17-12(2,3)4/h8-9H,5-7H2,1-4H3,(H,13,16)(H,14,15)/t8-/m1/s1. The Morgan fingerprint density at radius 2 is 1.88 bits per heavy atom. The molecule has 1 fully saturated rings. The van der Waals surface area contributed by atoms with E-state index in [2.05, 4.69) is 10.6 Å². The first-order valence-corrected chi connectivity index (χ1v) is 6.08. The Morgan fingerprint density at radius 1 is 1.29 bits per heavy atom. The molecule has 1 aliphatic carbocycles. The summed E-state index contributed by atoms with van der Waals surface area (Å²) in [6, 6.07) is -0.282. The minimum absolute atomic E-state index is 0.152. The van der Waals surface area contributed by atoms with Crippen molar-refractivity contribution in [3.8, 4) is 0 Å². The van der Waals surface area contributed by atoms with Crippen LogP contribution in [0.3, 0.4) is 0 Å². The molecule has 0 bridgehead atoms. The Labute approximate surface area is 102 Å². The summed E-state index contributed by atoms with van der Waals surface area (Å²) in [7, 11) is 0. The number of carbonyl (C=O) groups excluding carboxylic acids is 2. The van der Waals surface area contributed by atoms with Crippen molar-refractivity contribution in [3.63, 3.8) is 0 Å². The molecule has 0 aromatic rings. The van der Waals surface area contributed by atoms with E-state index in [0.717, 1.165) is 12.8 Å². The van der Waals surface area contributed by atoms with E-state index in [1.807, 2.05) is 0 Å². The molecule has 0 heterocycles. The molecule has 17 heavy (non-hydrogen) atoms. The van der Waals surface area contributed by atoms with Gasteiger partial charge in [0.15, 0.2) is 0 Å². The molecule has 1 saturated carbocycles. The maximum atomic E-state index is 11.7. The number of hydrogen-bond donors (Lipinski definition) is 2. The summed E-state index contributed by atoms with van der Waals surface area (Å²) in [6.07, 6.45) is 2.67. The zero-order valence-corrected chi connectivity index (χ0v) is 11.0. The topological polar surface area (TPSA) is 67.4 Å². The second kappa shape index (κ2) is 5.38. The lowest BCUT2D eigenvalue weighted by atomic mass is 9.93. The van der Waals surface area contributed by atoms with Crippen molar-refractivity contribution >= 4 is 12.0 Å². The summed E-state index contributed by atoms with van der Waals surface area (Å²) in [6.45, 7) is 7.00. The van der Waals surface area contributed by atoms with Gasteiger partial charge >= 0.3 is 6.09 Å². The average Bonchev–Trinajstić information content (AvgIpc) is 2.07. The Bertz CT molecular complexity index is 293. The summed E-state index contributed by atoms with van der Waals surface area (Å²) in [5.41, 5.74) is -0.547. The van der Waals surface area contributed by atoms with Crippen molar-refractivity contribution in [1.29, 1.82) is 0 Å². The average molecular weight is 242 g/mol. The lowest BCUT2D eigenvalue weighted by Crippen LogP contribution is -2.50. The third-order valence-electron chi connectivity index (χ3n) is 2.58. The minimum atomic E-state index is -0.564. The summed E-state index contributed by atoms with van der Waals surface area (Å²) in [4.78, 5) is 23.1. The fourth-order valence-corrected chi connectivity index (χ4v) is 1.43. The second-order valence-electron chi connectivity index (χ2n) is 5.50. The summed E-state index contributed by atoms with van der Waals surface area (Å²) < 4.78 is 5.07. The summed E-state index contributed by atoms with van der Waals surface area (Å²) in [5, 5.41) is 5.39. The van der Waals surface area contributed by atoms with Crippen LogP contribution in [0.1, 0.15) is 47.0 Å². The summed E-state index contributed by atoms with van der Waals surface area (Å²) >= 11 is 0. The lowest BCUT2D eigenvalue weighted by Gasteiger charge is -2.28. The molecule has 0 aromatic carbocycles. The first kappa shape index (κ1) is 13.8. The highest BCUT2D eigenvalue weighted by molar-refractivity contribution is 5.85. The van der Waals surface area contributed by atoms with Gasteiger partial charge in [0.1, 0.15) is 11.6 Å². The molecule has 0 radical (unpaired) electrons. The number of nitrogens with one attached hydrogen (secondary N) is 2. The Hall–Kier alpha value is -1.26. The number of hydrogen-bond acceptors (Lipinski definition) is 3. The fraction of sp³-hybridized carbons (Fsp3) is 0.833. The van der Waals surface area contributed by atoms with E-state index in [9.17, 15) is 9.59 Å². The molecule has 0 aliphatic heterocycles. The molecule has 0 spiro atoms. The monoisotopic (exact) mass is 242 g/mol. The van der Waals surface area contributed by atoms with Crippen molar-refractivity contribution in [3.05, 3.63) is 0 Å². The van der Waals surface area contributed by atoms with Gasteiger partial charge in [-0.1, -0.05) is 0 Å².